The summed E-state index contributed by atoms with van der Waals surface area (Å²) < 4.78 is 7.31. The van der Waals surface area contributed by atoms with Gasteiger partial charge in [0.1, 0.15) is 0 Å². The van der Waals surface area contributed by atoms with E-state index >= 15 is 0 Å². The van der Waals surface area contributed by atoms with Crippen molar-refractivity contribution in [1.29, 1.82) is 0 Å². The van der Waals surface area contributed by atoms with Crippen LogP contribution in [0.15, 0.2) is 6.20 Å². The van der Waals surface area contributed by atoms with Crippen molar-refractivity contribution in [2.75, 3.05) is 19.8 Å². The third-order valence-electron chi connectivity index (χ3n) is 3.75. The molecular weight excluding hydrogens is 240 g/mol. The van der Waals surface area contributed by atoms with E-state index in [1.807, 2.05) is 13.2 Å². The number of ether oxygens (including phenoxy) is 1. The Labute approximate surface area is 115 Å². The van der Waals surface area contributed by atoms with E-state index in [9.17, 15) is 0 Å². The van der Waals surface area contributed by atoms with Gasteiger partial charge in [-0.2, -0.15) is 0 Å². The molecule has 0 unspecified atom stereocenters. The molecule has 19 heavy (non-hydrogen) atoms. The van der Waals surface area contributed by atoms with Gasteiger partial charge in [0.25, 0.3) is 0 Å². The largest absolute Gasteiger partial charge is 0.381 e. The number of nitrogens with zero attached hydrogens (tertiary/aromatic N) is 3. The minimum Gasteiger partial charge on any atom is -0.381 e. The highest BCUT2D eigenvalue weighted by molar-refractivity contribution is 5.01. The molecule has 0 radical (unpaired) electrons. The number of nitrogens with one attached hydrogen (secondary N) is 1. The van der Waals surface area contributed by atoms with E-state index in [0.717, 1.165) is 44.7 Å². The average molecular weight is 266 g/mol. The van der Waals surface area contributed by atoms with Crippen LogP contribution >= 0.6 is 0 Å². The van der Waals surface area contributed by atoms with Gasteiger partial charge < -0.3 is 10.1 Å². The first-order valence-electron chi connectivity index (χ1n) is 7.07. The minimum absolute atomic E-state index is 0.146. The standard InChI is InChI=1S/C14H26N4O/c1-13(2,3)15-11-14(5-7-19-8-6-14)9-12-10-18(4)17-16-12/h10,15H,5-9,11H2,1-4H3. The molecule has 0 saturated carbocycles. The zero-order chi connectivity index (χ0) is 13.9. The van der Waals surface area contributed by atoms with Crippen LogP contribution in [-0.4, -0.2) is 40.3 Å². The Hall–Kier alpha value is -0.940. The quantitative estimate of drug-likeness (QED) is 0.898. The molecule has 1 aromatic rings. The zero-order valence-corrected chi connectivity index (χ0v) is 12.6. The van der Waals surface area contributed by atoms with E-state index in [2.05, 4.69) is 36.4 Å². The lowest BCUT2D eigenvalue weighted by Gasteiger charge is -2.39. The summed E-state index contributed by atoms with van der Waals surface area (Å²) in [5, 5.41) is 11.9. The number of rotatable bonds is 4. The predicted molar refractivity (Wildman–Crippen MR) is 74.9 cm³/mol. The van der Waals surface area contributed by atoms with Crippen LogP contribution in [0.5, 0.6) is 0 Å². The third-order valence-corrected chi connectivity index (χ3v) is 3.75. The molecule has 0 bridgehead atoms. The Kier molecular flexibility index (Phi) is 4.26. The van der Waals surface area contributed by atoms with Crippen molar-refractivity contribution < 1.29 is 4.74 Å². The molecule has 1 aromatic heterocycles. The molecule has 0 amide bonds. The van der Waals surface area contributed by atoms with E-state index in [4.69, 9.17) is 4.74 Å². The number of aryl methyl sites for hydroxylation is 1. The van der Waals surface area contributed by atoms with Gasteiger partial charge in [-0.25, -0.2) is 0 Å². The molecule has 0 spiro atoms. The molecule has 0 aromatic carbocycles. The molecule has 1 N–H and O–H groups in total. The van der Waals surface area contributed by atoms with Gasteiger partial charge in [0.2, 0.25) is 0 Å². The molecule has 2 heterocycles. The highest BCUT2D eigenvalue weighted by Gasteiger charge is 2.34. The molecule has 5 heteroatoms. The van der Waals surface area contributed by atoms with E-state index < -0.39 is 0 Å². The Bertz CT molecular complexity index is 402. The summed E-state index contributed by atoms with van der Waals surface area (Å²) in [6, 6.07) is 0. The maximum absolute atomic E-state index is 5.53. The summed E-state index contributed by atoms with van der Waals surface area (Å²) in [7, 11) is 1.92. The maximum Gasteiger partial charge on any atom is 0.0833 e. The number of aromatic nitrogens is 3. The molecule has 1 saturated heterocycles. The first kappa shape index (κ1) is 14.5. The molecule has 108 valence electrons. The first-order chi connectivity index (χ1) is 8.89. The zero-order valence-electron chi connectivity index (χ0n) is 12.6. The van der Waals surface area contributed by atoms with Crippen molar-refractivity contribution in [3.8, 4) is 0 Å². The first-order valence-corrected chi connectivity index (χ1v) is 7.07. The Balaban J connectivity index is 2.05. The molecule has 0 atom stereocenters. The number of hydrogen-bond acceptors (Lipinski definition) is 4. The molecular formula is C14H26N4O. The van der Waals surface area contributed by atoms with Crippen LogP contribution in [-0.2, 0) is 18.2 Å². The molecule has 0 aliphatic carbocycles. The van der Waals surface area contributed by atoms with Crippen LogP contribution in [0.1, 0.15) is 39.3 Å². The lowest BCUT2D eigenvalue weighted by atomic mass is 9.76. The second-order valence-electron chi connectivity index (χ2n) is 6.78. The molecule has 5 nitrogen and oxygen atoms in total. The van der Waals surface area contributed by atoms with Gasteiger partial charge in [-0.3, -0.25) is 4.68 Å². The predicted octanol–water partition coefficient (Wildman–Crippen LogP) is 1.54. The lowest BCUT2D eigenvalue weighted by molar-refractivity contribution is 0.0117. The van der Waals surface area contributed by atoms with Gasteiger partial charge in [-0.05, 0) is 39.0 Å². The van der Waals surface area contributed by atoms with E-state index in [-0.39, 0.29) is 11.0 Å². The van der Waals surface area contributed by atoms with E-state index in [0.29, 0.717) is 0 Å². The van der Waals surface area contributed by atoms with Crippen molar-refractivity contribution in [3.63, 3.8) is 0 Å². The van der Waals surface area contributed by atoms with Gasteiger partial charge in [0.15, 0.2) is 0 Å². The van der Waals surface area contributed by atoms with Crippen LogP contribution in [0.4, 0.5) is 0 Å². The Morgan fingerprint density at radius 1 is 1.37 bits per heavy atom. The van der Waals surface area contributed by atoms with E-state index in [1.165, 1.54) is 0 Å². The summed E-state index contributed by atoms with van der Waals surface area (Å²) in [6.45, 7) is 9.35. The molecule has 2 rings (SSSR count). The summed E-state index contributed by atoms with van der Waals surface area (Å²) in [5.74, 6) is 0. The fourth-order valence-corrected chi connectivity index (χ4v) is 2.53. The van der Waals surface area contributed by atoms with Gasteiger partial charge in [0, 0.05) is 45.0 Å². The summed E-state index contributed by atoms with van der Waals surface area (Å²) >= 11 is 0. The fraction of sp³-hybridized carbons (Fsp3) is 0.857. The topological polar surface area (TPSA) is 52.0 Å². The maximum atomic E-state index is 5.53. The summed E-state index contributed by atoms with van der Waals surface area (Å²) in [4.78, 5) is 0. The fourth-order valence-electron chi connectivity index (χ4n) is 2.53. The highest BCUT2D eigenvalue weighted by Crippen LogP contribution is 2.33. The average Bonchev–Trinajstić information content (AvgIpc) is 2.73. The van der Waals surface area contributed by atoms with Gasteiger partial charge in [0.05, 0.1) is 5.69 Å². The van der Waals surface area contributed by atoms with E-state index in [1.54, 1.807) is 4.68 Å². The summed E-state index contributed by atoms with van der Waals surface area (Å²) in [6.07, 6.45) is 5.18. The Morgan fingerprint density at radius 2 is 2.05 bits per heavy atom. The SMILES string of the molecule is Cn1cc(CC2(CNC(C)(C)C)CCOCC2)nn1. The second kappa shape index (κ2) is 5.59. The van der Waals surface area contributed by atoms with Crippen LogP contribution in [0.3, 0.4) is 0 Å². The second-order valence-corrected chi connectivity index (χ2v) is 6.78. The van der Waals surface area contributed by atoms with Gasteiger partial charge in [-0.1, -0.05) is 5.21 Å². The van der Waals surface area contributed by atoms with Gasteiger partial charge >= 0.3 is 0 Å². The van der Waals surface area contributed by atoms with Gasteiger partial charge in [-0.15, -0.1) is 5.10 Å². The lowest BCUT2D eigenvalue weighted by Crippen LogP contribution is -2.47. The summed E-state index contributed by atoms with van der Waals surface area (Å²) in [5.41, 5.74) is 1.48. The van der Waals surface area contributed by atoms with Crippen molar-refractivity contribution in [2.24, 2.45) is 12.5 Å². The molecule has 1 aliphatic heterocycles. The van der Waals surface area contributed by atoms with Crippen molar-refractivity contribution in [1.82, 2.24) is 20.3 Å². The Morgan fingerprint density at radius 3 is 2.58 bits per heavy atom. The normalized spacial score (nSPS) is 19.6. The molecule has 1 fully saturated rings. The van der Waals surface area contributed by atoms with Crippen LogP contribution < -0.4 is 5.32 Å². The smallest absolute Gasteiger partial charge is 0.0833 e. The van der Waals surface area contributed by atoms with Crippen molar-refractivity contribution in [3.05, 3.63) is 11.9 Å². The van der Waals surface area contributed by atoms with Crippen molar-refractivity contribution >= 4 is 0 Å². The third kappa shape index (κ3) is 4.28. The highest BCUT2D eigenvalue weighted by atomic mass is 16.5. The van der Waals surface area contributed by atoms with Crippen molar-refractivity contribution in [2.45, 2.75) is 45.6 Å². The van der Waals surface area contributed by atoms with Crippen LogP contribution in [0.2, 0.25) is 0 Å². The number of hydrogen-bond donors (Lipinski definition) is 1. The molecule has 1 aliphatic rings. The van der Waals surface area contributed by atoms with Crippen LogP contribution in [0, 0.1) is 5.41 Å². The van der Waals surface area contributed by atoms with Crippen LogP contribution in [0.25, 0.3) is 0 Å². The minimum atomic E-state index is 0.146. The monoisotopic (exact) mass is 266 g/mol.